The summed E-state index contributed by atoms with van der Waals surface area (Å²) in [4.78, 5) is 21.8. The van der Waals surface area contributed by atoms with Crippen LogP contribution in [0.3, 0.4) is 0 Å². The highest BCUT2D eigenvalue weighted by Crippen LogP contribution is 2.35. The van der Waals surface area contributed by atoms with Crippen LogP contribution in [0.1, 0.15) is 5.56 Å². The molecule has 0 aromatic heterocycles. The largest absolute Gasteiger partial charge is 0.483 e. The number of nitro groups is 1. The summed E-state index contributed by atoms with van der Waals surface area (Å²) in [6.45, 7) is -0.671. The molecule has 0 saturated carbocycles. The van der Waals surface area contributed by atoms with E-state index >= 15 is 0 Å². The van der Waals surface area contributed by atoms with Gasteiger partial charge in [-0.15, -0.1) is 0 Å². The third-order valence-electron chi connectivity index (χ3n) is 2.89. The second-order valence-electron chi connectivity index (χ2n) is 4.64. The molecule has 0 spiro atoms. The van der Waals surface area contributed by atoms with Gasteiger partial charge in [0.05, 0.1) is 10.5 Å². The summed E-state index contributed by atoms with van der Waals surface area (Å²) in [5.74, 6) is -1.22. The molecule has 2 rings (SSSR count). The second kappa shape index (κ2) is 6.99. The topological polar surface area (TPSA) is 81.5 Å². The zero-order valence-corrected chi connectivity index (χ0v) is 12.0. The lowest BCUT2D eigenvalue weighted by atomic mass is 10.2. The number of anilines is 1. The van der Waals surface area contributed by atoms with Crippen LogP contribution >= 0.6 is 0 Å². The molecular formula is C15H11F3N2O4. The molecule has 6 nitrogen and oxygen atoms in total. The van der Waals surface area contributed by atoms with Crippen molar-refractivity contribution in [1.82, 2.24) is 0 Å². The van der Waals surface area contributed by atoms with Crippen LogP contribution < -0.4 is 10.1 Å². The maximum atomic E-state index is 12.8. The molecule has 0 unspecified atom stereocenters. The van der Waals surface area contributed by atoms with E-state index in [0.29, 0.717) is 0 Å². The molecule has 2 aromatic carbocycles. The summed E-state index contributed by atoms with van der Waals surface area (Å²) >= 11 is 0. The minimum absolute atomic E-state index is 0.141. The summed E-state index contributed by atoms with van der Waals surface area (Å²) in [6.07, 6.45) is -4.60. The Bertz CT molecular complexity index is 762. The van der Waals surface area contributed by atoms with E-state index in [1.165, 1.54) is 30.3 Å². The Morgan fingerprint density at radius 2 is 1.88 bits per heavy atom. The number of halogens is 3. The number of carbonyl (C=O) groups excluding carboxylic acids is 1. The number of nitrogens with zero attached hydrogens (tertiary/aromatic N) is 1. The number of nitrogens with one attached hydrogen (secondary N) is 1. The first-order chi connectivity index (χ1) is 11.3. The van der Waals surface area contributed by atoms with E-state index in [1.54, 1.807) is 0 Å². The average Bonchev–Trinajstić information content (AvgIpc) is 2.52. The lowest BCUT2D eigenvalue weighted by Gasteiger charge is -2.13. The van der Waals surface area contributed by atoms with Gasteiger partial charge in [0.15, 0.2) is 6.61 Å². The second-order valence-corrected chi connectivity index (χ2v) is 4.64. The fraction of sp³-hybridized carbons (Fsp3) is 0.133. The molecule has 126 valence electrons. The zero-order chi connectivity index (χ0) is 17.7. The molecule has 0 saturated heterocycles. The molecule has 0 bridgehead atoms. The number of non-ortho nitro benzene ring substituents is 1. The number of carbonyl (C=O) groups is 1. The molecule has 0 fully saturated rings. The molecule has 0 heterocycles. The summed E-state index contributed by atoms with van der Waals surface area (Å²) in [7, 11) is 0. The van der Waals surface area contributed by atoms with Crippen LogP contribution in [0.25, 0.3) is 0 Å². The van der Waals surface area contributed by atoms with Crippen LogP contribution in [0.15, 0.2) is 48.5 Å². The number of hydrogen-bond acceptors (Lipinski definition) is 4. The number of amides is 1. The molecule has 1 N–H and O–H groups in total. The van der Waals surface area contributed by atoms with Gasteiger partial charge in [0.25, 0.3) is 11.6 Å². The van der Waals surface area contributed by atoms with Gasteiger partial charge < -0.3 is 10.1 Å². The van der Waals surface area contributed by atoms with Crippen LogP contribution in [0.5, 0.6) is 5.75 Å². The van der Waals surface area contributed by atoms with Crippen LogP contribution in [0.4, 0.5) is 24.5 Å². The van der Waals surface area contributed by atoms with E-state index < -0.39 is 34.9 Å². The maximum absolute atomic E-state index is 12.8. The van der Waals surface area contributed by atoms with Crippen LogP contribution in [0.2, 0.25) is 0 Å². The number of nitro benzene ring substituents is 1. The smallest absolute Gasteiger partial charge is 0.419 e. The molecule has 2 aromatic rings. The van der Waals surface area contributed by atoms with E-state index in [-0.39, 0.29) is 11.4 Å². The lowest BCUT2D eigenvalue weighted by Crippen LogP contribution is -2.21. The minimum atomic E-state index is -4.60. The number of ether oxygens (including phenoxy) is 1. The molecule has 0 atom stereocenters. The van der Waals surface area contributed by atoms with Gasteiger partial charge in [-0.1, -0.05) is 18.2 Å². The van der Waals surface area contributed by atoms with Gasteiger partial charge in [0.2, 0.25) is 0 Å². The SMILES string of the molecule is O=C(COc1ccccc1C(F)(F)F)Nc1cccc([N+](=O)[O-])c1. The van der Waals surface area contributed by atoms with Gasteiger partial charge in [0.1, 0.15) is 5.75 Å². The van der Waals surface area contributed by atoms with E-state index in [0.717, 1.165) is 18.2 Å². The van der Waals surface area contributed by atoms with E-state index in [1.807, 2.05) is 0 Å². The Balaban J connectivity index is 2.02. The fourth-order valence-electron chi connectivity index (χ4n) is 1.86. The van der Waals surface area contributed by atoms with Gasteiger partial charge in [-0.3, -0.25) is 14.9 Å². The first kappa shape index (κ1) is 17.3. The molecule has 0 aliphatic carbocycles. The van der Waals surface area contributed by atoms with Crippen molar-refractivity contribution in [3.05, 3.63) is 64.2 Å². The van der Waals surface area contributed by atoms with Crippen molar-refractivity contribution in [1.29, 1.82) is 0 Å². The van der Waals surface area contributed by atoms with Crippen LogP contribution in [-0.2, 0) is 11.0 Å². The summed E-state index contributed by atoms with van der Waals surface area (Å²) < 4.78 is 43.3. The Morgan fingerprint density at radius 3 is 2.54 bits per heavy atom. The Labute approximate surface area is 134 Å². The highest BCUT2D eigenvalue weighted by atomic mass is 19.4. The summed E-state index contributed by atoms with van der Waals surface area (Å²) in [6, 6.07) is 9.65. The summed E-state index contributed by atoms with van der Waals surface area (Å²) in [5, 5.41) is 13.0. The summed E-state index contributed by atoms with van der Waals surface area (Å²) in [5.41, 5.74) is -1.08. The van der Waals surface area contributed by atoms with Crippen molar-refractivity contribution in [2.45, 2.75) is 6.18 Å². The molecule has 0 aliphatic heterocycles. The van der Waals surface area contributed by atoms with Crippen molar-refractivity contribution in [3.63, 3.8) is 0 Å². The third kappa shape index (κ3) is 4.45. The normalized spacial score (nSPS) is 11.0. The predicted octanol–water partition coefficient (Wildman–Crippen LogP) is 3.63. The molecular weight excluding hydrogens is 329 g/mol. The highest BCUT2D eigenvalue weighted by Gasteiger charge is 2.34. The van der Waals surface area contributed by atoms with E-state index in [4.69, 9.17) is 4.74 Å². The molecule has 9 heteroatoms. The number of benzene rings is 2. The van der Waals surface area contributed by atoms with Crippen molar-refractivity contribution < 1.29 is 27.6 Å². The van der Waals surface area contributed by atoms with Gasteiger partial charge in [-0.05, 0) is 18.2 Å². The van der Waals surface area contributed by atoms with Crippen LogP contribution in [-0.4, -0.2) is 17.4 Å². The average molecular weight is 340 g/mol. The quantitative estimate of drug-likeness (QED) is 0.666. The van der Waals surface area contributed by atoms with Crippen molar-refractivity contribution in [2.75, 3.05) is 11.9 Å². The maximum Gasteiger partial charge on any atom is 0.419 e. The van der Waals surface area contributed by atoms with E-state index in [9.17, 15) is 28.1 Å². The molecule has 0 radical (unpaired) electrons. The molecule has 0 aliphatic rings. The molecule has 24 heavy (non-hydrogen) atoms. The monoisotopic (exact) mass is 340 g/mol. The first-order valence-corrected chi connectivity index (χ1v) is 6.60. The number of para-hydroxylation sites is 1. The number of hydrogen-bond donors (Lipinski definition) is 1. The van der Waals surface area contributed by atoms with Gasteiger partial charge in [0, 0.05) is 17.8 Å². The van der Waals surface area contributed by atoms with Gasteiger partial charge in [-0.25, -0.2) is 0 Å². The Hall–Kier alpha value is -3.10. The first-order valence-electron chi connectivity index (χ1n) is 6.60. The number of rotatable bonds is 5. The van der Waals surface area contributed by atoms with Gasteiger partial charge in [-0.2, -0.15) is 13.2 Å². The third-order valence-corrected chi connectivity index (χ3v) is 2.89. The van der Waals surface area contributed by atoms with Crippen molar-refractivity contribution in [2.24, 2.45) is 0 Å². The fourth-order valence-corrected chi connectivity index (χ4v) is 1.86. The number of alkyl halides is 3. The standard InChI is InChI=1S/C15H11F3N2O4/c16-15(17,18)12-6-1-2-7-13(12)24-9-14(21)19-10-4-3-5-11(8-10)20(22)23/h1-8H,9H2,(H,19,21). The predicted molar refractivity (Wildman–Crippen MR) is 78.7 cm³/mol. The lowest BCUT2D eigenvalue weighted by molar-refractivity contribution is -0.384. The van der Waals surface area contributed by atoms with Crippen molar-refractivity contribution in [3.8, 4) is 5.75 Å². The highest BCUT2D eigenvalue weighted by molar-refractivity contribution is 5.92. The van der Waals surface area contributed by atoms with E-state index in [2.05, 4.69) is 5.32 Å². The van der Waals surface area contributed by atoms with Crippen LogP contribution in [0, 0.1) is 10.1 Å². The van der Waals surface area contributed by atoms with Crippen molar-refractivity contribution >= 4 is 17.3 Å². The Kier molecular flexibility index (Phi) is 5.02. The van der Waals surface area contributed by atoms with Gasteiger partial charge >= 0.3 is 6.18 Å². The minimum Gasteiger partial charge on any atom is -0.483 e. The Morgan fingerprint density at radius 1 is 1.17 bits per heavy atom. The zero-order valence-electron chi connectivity index (χ0n) is 12.0. The molecule has 1 amide bonds.